The fourth-order valence-electron chi connectivity index (χ4n) is 3.62. The number of fused-ring (bicyclic) bond motifs is 2. The van der Waals surface area contributed by atoms with Crippen LogP contribution < -0.4 is 21.5 Å². The van der Waals surface area contributed by atoms with E-state index in [4.69, 9.17) is 16.2 Å². The summed E-state index contributed by atoms with van der Waals surface area (Å²) in [6.07, 6.45) is 0. The molecule has 1 aliphatic carbocycles. The van der Waals surface area contributed by atoms with E-state index in [9.17, 15) is 14.4 Å². The molecule has 0 spiro atoms. The van der Waals surface area contributed by atoms with Gasteiger partial charge in [-0.15, -0.1) is 0 Å². The van der Waals surface area contributed by atoms with E-state index in [2.05, 4.69) is 5.32 Å². The number of carbonyl (C=O) groups is 3. The van der Waals surface area contributed by atoms with Gasteiger partial charge in [0.05, 0.1) is 40.4 Å². The van der Waals surface area contributed by atoms with Gasteiger partial charge in [0.2, 0.25) is 0 Å². The summed E-state index contributed by atoms with van der Waals surface area (Å²) in [6, 6.07) is 14.8. The van der Waals surface area contributed by atoms with Gasteiger partial charge >= 0.3 is 0 Å². The minimum Gasteiger partial charge on any atom is -0.492 e. The fourth-order valence-corrected chi connectivity index (χ4v) is 3.62. The number of amides is 1. The van der Waals surface area contributed by atoms with Crippen LogP contribution in [0.15, 0.2) is 54.6 Å². The van der Waals surface area contributed by atoms with E-state index in [1.807, 2.05) is 0 Å². The van der Waals surface area contributed by atoms with Crippen LogP contribution in [0.5, 0.6) is 5.75 Å². The van der Waals surface area contributed by atoms with Gasteiger partial charge in [-0.25, -0.2) is 0 Å². The number of carbonyl (C=O) groups excluding carboxylic acids is 3. The summed E-state index contributed by atoms with van der Waals surface area (Å²) in [7, 11) is 0. The first-order valence-electron chi connectivity index (χ1n) is 9.37. The number of hydrogen-bond donors (Lipinski definition) is 3. The second-order valence-electron chi connectivity index (χ2n) is 6.76. The van der Waals surface area contributed by atoms with Crippen LogP contribution in [-0.2, 0) is 0 Å². The number of anilines is 3. The zero-order valence-electron chi connectivity index (χ0n) is 16.2. The zero-order chi connectivity index (χ0) is 21.4. The molecule has 7 heteroatoms. The smallest absolute Gasteiger partial charge is 0.250 e. The predicted molar refractivity (Wildman–Crippen MR) is 114 cm³/mol. The summed E-state index contributed by atoms with van der Waals surface area (Å²) in [6.45, 7) is 2.11. The molecule has 0 saturated carbocycles. The van der Waals surface area contributed by atoms with E-state index in [0.717, 1.165) is 0 Å². The average molecular weight is 401 g/mol. The number of para-hydroxylation sites is 1. The van der Waals surface area contributed by atoms with E-state index in [1.54, 1.807) is 61.5 Å². The summed E-state index contributed by atoms with van der Waals surface area (Å²) in [5.74, 6) is -1.05. The molecular formula is C23H19N3O4. The van der Waals surface area contributed by atoms with Crippen molar-refractivity contribution in [1.82, 2.24) is 0 Å². The monoisotopic (exact) mass is 401 g/mol. The molecule has 1 amide bonds. The Morgan fingerprint density at radius 1 is 0.933 bits per heavy atom. The van der Waals surface area contributed by atoms with Crippen molar-refractivity contribution < 1.29 is 19.1 Å². The van der Waals surface area contributed by atoms with Crippen molar-refractivity contribution in [3.05, 3.63) is 82.4 Å². The molecule has 0 fully saturated rings. The van der Waals surface area contributed by atoms with Crippen LogP contribution in [0.1, 0.15) is 49.1 Å². The summed E-state index contributed by atoms with van der Waals surface area (Å²) >= 11 is 0. The molecule has 30 heavy (non-hydrogen) atoms. The normalized spacial score (nSPS) is 12.2. The molecule has 0 aromatic heterocycles. The largest absolute Gasteiger partial charge is 0.492 e. The van der Waals surface area contributed by atoms with Crippen LogP contribution in [0.4, 0.5) is 17.1 Å². The Hall–Kier alpha value is -4.13. The molecule has 5 N–H and O–H groups in total. The molecule has 0 radical (unpaired) electrons. The molecule has 0 atom stereocenters. The molecular weight excluding hydrogens is 382 g/mol. The van der Waals surface area contributed by atoms with E-state index in [-0.39, 0.29) is 39.7 Å². The first-order chi connectivity index (χ1) is 14.4. The lowest BCUT2D eigenvalue weighted by Crippen LogP contribution is -2.24. The maximum Gasteiger partial charge on any atom is 0.250 e. The number of nitrogens with two attached hydrogens (primary N) is 2. The highest BCUT2D eigenvalue weighted by molar-refractivity contribution is 6.32. The summed E-state index contributed by atoms with van der Waals surface area (Å²) < 4.78 is 5.61. The van der Waals surface area contributed by atoms with Gasteiger partial charge in [0.15, 0.2) is 11.6 Å². The van der Waals surface area contributed by atoms with Crippen molar-refractivity contribution >= 4 is 34.5 Å². The summed E-state index contributed by atoms with van der Waals surface area (Å²) in [5.41, 5.74) is 13.6. The minimum atomic E-state index is -0.625. The van der Waals surface area contributed by atoms with Gasteiger partial charge in [-0.05, 0) is 19.1 Å². The van der Waals surface area contributed by atoms with E-state index < -0.39 is 5.91 Å². The Morgan fingerprint density at radius 3 is 2.17 bits per heavy atom. The number of hydrogen-bond acceptors (Lipinski definition) is 6. The number of ether oxygens (including phenoxy) is 1. The average Bonchev–Trinajstić information content (AvgIpc) is 2.74. The fraction of sp³-hybridized carbons (Fsp3) is 0.0870. The van der Waals surface area contributed by atoms with Gasteiger partial charge < -0.3 is 21.5 Å². The van der Waals surface area contributed by atoms with Crippen LogP contribution >= 0.6 is 0 Å². The quantitative estimate of drug-likeness (QED) is 0.441. The van der Waals surface area contributed by atoms with Crippen molar-refractivity contribution in [3.8, 4) is 5.75 Å². The Morgan fingerprint density at radius 2 is 1.53 bits per heavy atom. The molecule has 0 unspecified atom stereocenters. The standard InChI is InChI=1S/C23H19N3O4/c1-2-30-17-11-16(26-15-10-6-5-9-14(15)23(25)29)18-19(20(17)24)22(28)13-8-4-3-7-12(13)21(18)27/h3-11,26H,2,24H2,1H3,(H2,25,29). The highest BCUT2D eigenvalue weighted by atomic mass is 16.5. The zero-order valence-corrected chi connectivity index (χ0v) is 16.2. The lowest BCUT2D eigenvalue weighted by atomic mass is 9.82. The number of nitrogen functional groups attached to an aromatic ring is 1. The topological polar surface area (TPSA) is 125 Å². The van der Waals surface area contributed by atoms with Crippen LogP contribution in [0.25, 0.3) is 0 Å². The maximum atomic E-state index is 13.3. The Labute approximate surface area is 172 Å². The molecule has 150 valence electrons. The number of rotatable bonds is 5. The van der Waals surface area contributed by atoms with E-state index in [1.165, 1.54) is 0 Å². The third-order valence-corrected chi connectivity index (χ3v) is 4.96. The van der Waals surface area contributed by atoms with Crippen molar-refractivity contribution in [1.29, 1.82) is 0 Å². The molecule has 3 aromatic carbocycles. The molecule has 3 aromatic rings. The van der Waals surface area contributed by atoms with Crippen molar-refractivity contribution in [2.24, 2.45) is 5.73 Å². The third kappa shape index (κ3) is 2.97. The maximum absolute atomic E-state index is 13.3. The van der Waals surface area contributed by atoms with Gasteiger partial charge in [-0.2, -0.15) is 0 Å². The summed E-state index contributed by atoms with van der Waals surface area (Å²) in [4.78, 5) is 38.4. The lowest BCUT2D eigenvalue weighted by Gasteiger charge is -2.24. The van der Waals surface area contributed by atoms with Gasteiger partial charge in [0.1, 0.15) is 5.75 Å². The lowest BCUT2D eigenvalue weighted by molar-refractivity contribution is 0.0980. The number of primary amides is 1. The third-order valence-electron chi connectivity index (χ3n) is 4.96. The van der Waals surface area contributed by atoms with Crippen molar-refractivity contribution in [2.75, 3.05) is 17.7 Å². The van der Waals surface area contributed by atoms with Gasteiger partial charge in [0, 0.05) is 17.2 Å². The Kier molecular flexibility index (Phi) is 4.71. The first kappa shape index (κ1) is 19.2. The van der Waals surface area contributed by atoms with Gasteiger partial charge in [0.25, 0.3) is 5.91 Å². The van der Waals surface area contributed by atoms with E-state index in [0.29, 0.717) is 29.1 Å². The van der Waals surface area contributed by atoms with Crippen LogP contribution in [0, 0.1) is 0 Å². The molecule has 0 bridgehead atoms. The summed E-state index contributed by atoms with van der Waals surface area (Å²) in [5, 5.41) is 3.08. The van der Waals surface area contributed by atoms with Crippen molar-refractivity contribution in [2.45, 2.75) is 6.92 Å². The van der Waals surface area contributed by atoms with Crippen LogP contribution in [0.3, 0.4) is 0 Å². The Bertz CT molecular complexity index is 1220. The van der Waals surface area contributed by atoms with Crippen LogP contribution in [-0.4, -0.2) is 24.1 Å². The second kappa shape index (κ2) is 7.36. The van der Waals surface area contributed by atoms with Crippen LogP contribution in [0.2, 0.25) is 0 Å². The van der Waals surface area contributed by atoms with Gasteiger partial charge in [-0.3, -0.25) is 14.4 Å². The second-order valence-corrected chi connectivity index (χ2v) is 6.76. The molecule has 0 heterocycles. The molecule has 0 aliphatic heterocycles. The number of benzene rings is 3. The van der Waals surface area contributed by atoms with Gasteiger partial charge in [-0.1, -0.05) is 36.4 Å². The Balaban J connectivity index is 1.96. The first-order valence-corrected chi connectivity index (χ1v) is 9.37. The SMILES string of the molecule is CCOc1cc(Nc2ccccc2C(N)=O)c2c(c1N)C(=O)c1ccccc1C2=O. The highest BCUT2D eigenvalue weighted by Gasteiger charge is 2.35. The predicted octanol–water partition coefficient (Wildman–Crippen LogP) is 3.29. The molecule has 0 saturated heterocycles. The molecule has 4 rings (SSSR count). The van der Waals surface area contributed by atoms with Crippen molar-refractivity contribution in [3.63, 3.8) is 0 Å². The molecule has 1 aliphatic rings. The minimum absolute atomic E-state index is 0.0868. The highest BCUT2D eigenvalue weighted by Crippen LogP contribution is 2.41. The number of nitrogens with one attached hydrogen (secondary N) is 1. The molecule has 7 nitrogen and oxygen atoms in total. The van der Waals surface area contributed by atoms with E-state index >= 15 is 0 Å². The number of ketones is 2.